The molecule has 0 aliphatic carbocycles. The van der Waals surface area contributed by atoms with Crippen molar-refractivity contribution in [3.8, 4) is 5.75 Å². The second-order valence-electron chi connectivity index (χ2n) is 5.80. The highest BCUT2D eigenvalue weighted by Crippen LogP contribution is 2.17. The fourth-order valence-corrected chi connectivity index (χ4v) is 2.02. The van der Waals surface area contributed by atoms with Crippen molar-refractivity contribution in [3.05, 3.63) is 53.3 Å². The van der Waals surface area contributed by atoms with Crippen molar-refractivity contribution < 1.29 is 19.1 Å². The smallest absolute Gasteiger partial charge is 0.339 e. The number of allylic oxidation sites excluding steroid dienone is 3. The predicted molar refractivity (Wildman–Crippen MR) is 94.5 cm³/mol. The van der Waals surface area contributed by atoms with Crippen LogP contribution in [-0.4, -0.2) is 12.4 Å². The van der Waals surface area contributed by atoms with Gasteiger partial charge in [0.25, 0.3) is 6.47 Å². The summed E-state index contributed by atoms with van der Waals surface area (Å²) in [6.07, 6.45) is 5.91. The van der Waals surface area contributed by atoms with Crippen LogP contribution in [-0.2, 0) is 20.7 Å². The molecule has 0 aliphatic rings. The predicted octanol–water partition coefficient (Wildman–Crippen LogP) is 4.59. The summed E-state index contributed by atoms with van der Waals surface area (Å²) in [5.41, 5.74) is 1.66. The Balaban J connectivity index is 2.68. The van der Waals surface area contributed by atoms with E-state index in [2.05, 4.69) is 13.8 Å². The van der Waals surface area contributed by atoms with Crippen LogP contribution in [0.3, 0.4) is 0 Å². The maximum atomic E-state index is 12.1. The molecule has 0 saturated carbocycles. The SMILES string of the molecule is CC/C(=C\C=C(/C)C(=O)Oc1ccc(CC(C)CC)cc1)OC=O. The first kappa shape index (κ1) is 19.7. The second-order valence-corrected chi connectivity index (χ2v) is 5.80. The molecule has 1 unspecified atom stereocenters. The van der Waals surface area contributed by atoms with E-state index in [0.29, 0.717) is 35.9 Å². The van der Waals surface area contributed by atoms with Crippen molar-refractivity contribution in [2.45, 2.75) is 47.0 Å². The number of hydrogen-bond donors (Lipinski definition) is 0. The molecule has 0 bridgehead atoms. The van der Waals surface area contributed by atoms with Crippen LogP contribution in [0, 0.1) is 5.92 Å². The molecule has 0 radical (unpaired) electrons. The molecule has 0 aromatic heterocycles. The quantitative estimate of drug-likeness (QED) is 0.166. The Morgan fingerprint density at radius 1 is 1.17 bits per heavy atom. The van der Waals surface area contributed by atoms with E-state index in [1.807, 2.05) is 31.2 Å². The minimum absolute atomic E-state index is 0.373. The topological polar surface area (TPSA) is 52.6 Å². The lowest BCUT2D eigenvalue weighted by atomic mass is 9.99. The van der Waals surface area contributed by atoms with Crippen LogP contribution in [0.25, 0.3) is 0 Å². The van der Waals surface area contributed by atoms with Crippen molar-refractivity contribution in [2.24, 2.45) is 5.92 Å². The molecule has 0 aliphatic heterocycles. The largest absolute Gasteiger partial charge is 0.433 e. The molecule has 1 atom stereocenters. The zero-order valence-corrected chi connectivity index (χ0v) is 14.9. The van der Waals surface area contributed by atoms with Crippen molar-refractivity contribution in [1.29, 1.82) is 0 Å². The van der Waals surface area contributed by atoms with E-state index in [4.69, 9.17) is 9.47 Å². The van der Waals surface area contributed by atoms with E-state index in [1.165, 1.54) is 5.56 Å². The Morgan fingerprint density at radius 2 is 1.83 bits per heavy atom. The van der Waals surface area contributed by atoms with E-state index >= 15 is 0 Å². The summed E-state index contributed by atoms with van der Waals surface area (Å²) in [4.78, 5) is 22.4. The monoisotopic (exact) mass is 330 g/mol. The minimum atomic E-state index is -0.428. The highest BCUT2D eigenvalue weighted by molar-refractivity contribution is 5.89. The van der Waals surface area contributed by atoms with Gasteiger partial charge in [-0.15, -0.1) is 0 Å². The van der Waals surface area contributed by atoms with Crippen molar-refractivity contribution in [1.82, 2.24) is 0 Å². The number of hydrogen-bond acceptors (Lipinski definition) is 4. The first-order valence-corrected chi connectivity index (χ1v) is 8.29. The molecule has 0 saturated heterocycles. The molecule has 1 rings (SSSR count). The maximum Gasteiger partial charge on any atom is 0.339 e. The highest BCUT2D eigenvalue weighted by atomic mass is 16.5. The van der Waals surface area contributed by atoms with Crippen LogP contribution < -0.4 is 4.74 Å². The first-order valence-electron chi connectivity index (χ1n) is 8.29. The third kappa shape index (κ3) is 6.82. The summed E-state index contributed by atoms with van der Waals surface area (Å²) >= 11 is 0. The molecule has 4 heteroatoms. The van der Waals surface area contributed by atoms with Gasteiger partial charge in [-0.3, -0.25) is 4.79 Å². The van der Waals surface area contributed by atoms with Gasteiger partial charge in [0.1, 0.15) is 11.5 Å². The molecular weight excluding hydrogens is 304 g/mol. The third-order valence-electron chi connectivity index (χ3n) is 3.80. The fourth-order valence-electron chi connectivity index (χ4n) is 2.02. The second kappa shape index (κ2) is 10.4. The van der Waals surface area contributed by atoms with Gasteiger partial charge in [-0.2, -0.15) is 0 Å². The summed E-state index contributed by atoms with van der Waals surface area (Å²) in [6, 6.07) is 7.60. The Labute approximate surface area is 144 Å². The van der Waals surface area contributed by atoms with Crippen LogP contribution >= 0.6 is 0 Å². The fraction of sp³-hybridized carbons (Fsp3) is 0.400. The van der Waals surface area contributed by atoms with Crippen LogP contribution in [0.4, 0.5) is 0 Å². The molecule has 0 fully saturated rings. The molecule has 0 amide bonds. The molecule has 130 valence electrons. The van der Waals surface area contributed by atoms with Gasteiger partial charge in [0.2, 0.25) is 0 Å². The number of ether oxygens (including phenoxy) is 2. The van der Waals surface area contributed by atoms with Crippen molar-refractivity contribution >= 4 is 12.4 Å². The lowest BCUT2D eigenvalue weighted by Crippen LogP contribution is -2.09. The first-order chi connectivity index (χ1) is 11.5. The highest BCUT2D eigenvalue weighted by Gasteiger charge is 2.08. The Bertz CT molecular complexity index is 597. The van der Waals surface area contributed by atoms with Gasteiger partial charge in [0.15, 0.2) is 0 Å². The van der Waals surface area contributed by atoms with Gasteiger partial charge in [-0.25, -0.2) is 4.79 Å². The van der Waals surface area contributed by atoms with Crippen LogP contribution in [0.5, 0.6) is 5.75 Å². The average Bonchev–Trinajstić information content (AvgIpc) is 2.59. The molecular formula is C20H26O4. The average molecular weight is 330 g/mol. The summed E-state index contributed by atoms with van der Waals surface area (Å²) in [6.45, 7) is 8.28. The lowest BCUT2D eigenvalue weighted by molar-refractivity contribution is -0.130. The summed E-state index contributed by atoms with van der Waals surface area (Å²) in [5, 5.41) is 0. The number of rotatable bonds is 9. The standard InChI is InChI=1S/C20H26O4/c1-5-15(3)13-17-8-11-19(12-9-17)24-20(22)16(4)7-10-18(6-2)23-14-21/h7-12,14-15H,5-6,13H2,1-4H3/b16-7+,18-10+. The number of carbonyl (C=O) groups excluding carboxylic acids is 2. The molecule has 0 heterocycles. The molecule has 0 spiro atoms. The van der Waals surface area contributed by atoms with Gasteiger partial charge in [-0.1, -0.05) is 39.3 Å². The molecule has 4 nitrogen and oxygen atoms in total. The van der Waals surface area contributed by atoms with E-state index in [1.54, 1.807) is 19.1 Å². The minimum Gasteiger partial charge on any atom is -0.433 e. The number of carbonyl (C=O) groups is 2. The maximum absolute atomic E-state index is 12.1. The van der Waals surface area contributed by atoms with Gasteiger partial charge in [0, 0.05) is 12.0 Å². The van der Waals surface area contributed by atoms with Crippen LogP contribution in [0.15, 0.2) is 47.7 Å². The van der Waals surface area contributed by atoms with E-state index in [9.17, 15) is 9.59 Å². The Hall–Kier alpha value is -2.36. The zero-order chi connectivity index (χ0) is 17.9. The van der Waals surface area contributed by atoms with Gasteiger partial charge >= 0.3 is 5.97 Å². The van der Waals surface area contributed by atoms with Gasteiger partial charge in [-0.05, 0) is 49.1 Å². The summed E-state index contributed by atoms with van der Waals surface area (Å²) in [7, 11) is 0. The molecule has 24 heavy (non-hydrogen) atoms. The lowest BCUT2D eigenvalue weighted by Gasteiger charge is -2.09. The van der Waals surface area contributed by atoms with Crippen molar-refractivity contribution in [3.63, 3.8) is 0 Å². The van der Waals surface area contributed by atoms with Gasteiger partial charge < -0.3 is 9.47 Å². The normalized spacial score (nSPS) is 13.3. The molecule has 1 aromatic rings. The Morgan fingerprint density at radius 3 is 2.38 bits per heavy atom. The van der Waals surface area contributed by atoms with Crippen LogP contribution in [0.1, 0.15) is 46.1 Å². The van der Waals surface area contributed by atoms with Crippen molar-refractivity contribution in [2.75, 3.05) is 0 Å². The van der Waals surface area contributed by atoms with E-state index in [-0.39, 0.29) is 0 Å². The third-order valence-corrected chi connectivity index (χ3v) is 3.80. The summed E-state index contributed by atoms with van der Waals surface area (Å²) < 4.78 is 10.1. The van der Waals surface area contributed by atoms with E-state index in [0.717, 1.165) is 12.8 Å². The van der Waals surface area contributed by atoms with Gasteiger partial charge in [0.05, 0.1) is 0 Å². The van der Waals surface area contributed by atoms with E-state index < -0.39 is 5.97 Å². The Kier molecular flexibility index (Phi) is 8.55. The van der Waals surface area contributed by atoms with Crippen LogP contribution in [0.2, 0.25) is 0 Å². The number of benzene rings is 1. The molecule has 0 N–H and O–H groups in total. The number of esters is 1. The molecule has 1 aromatic carbocycles. The zero-order valence-electron chi connectivity index (χ0n) is 14.9. The summed E-state index contributed by atoms with van der Waals surface area (Å²) in [5.74, 6) is 1.22.